The second-order valence-corrected chi connectivity index (χ2v) is 3.40. The molecule has 0 fully saturated rings. The Morgan fingerprint density at radius 3 is 2.20 bits per heavy atom. The van der Waals surface area contributed by atoms with Crippen molar-refractivity contribution in [2.75, 3.05) is 6.54 Å². The van der Waals surface area contributed by atoms with Crippen molar-refractivity contribution in [2.24, 2.45) is 4.99 Å². The van der Waals surface area contributed by atoms with E-state index in [1.54, 1.807) is 0 Å². The van der Waals surface area contributed by atoms with Gasteiger partial charge in [0.25, 0.3) is 0 Å². The summed E-state index contributed by atoms with van der Waals surface area (Å²) in [5.74, 6) is 0.128. The fourth-order valence-corrected chi connectivity index (χ4v) is 1.13. The first-order chi connectivity index (χ1) is 7.20. The molecule has 4 heteroatoms. The molecule has 0 bridgehead atoms. The van der Waals surface area contributed by atoms with Gasteiger partial charge in [-0.1, -0.05) is 13.3 Å². The highest BCUT2D eigenvalue weighted by Gasteiger charge is 2.06. The van der Waals surface area contributed by atoms with Crippen LogP contribution < -0.4 is 0 Å². The molecular weight excluding hydrogens is 194 g/mol. The Morgan fingerprint density at radius 2 is 1.67 bits per heavy atom. The number of Topliss-reactive ketones (excluding diaryl/α,β-unsaturated/α-hetero) is 2. The van der Waals surface area contributed by atoms with Crippen LogP contribution in [-0.4, -0.2) is 24.2 Å². The molecule has 0 heterocycles. The minimum Gasteiger partial charge on any atom is -0.300 e. The maximum absolute atomic E-state index is 11.2. The van der Waals surface area contributed by atoms with Crippen molar-refractivity contribution in [1.82, 2.24) is 0 Å². The number of hydrogen-bond donors (Lipinski definition) is 0. The predicted octanol–water partition coefficient (Wildman–Crippen LogP) is 1.82. The van der Waals surface area contributed by atoms with Crippen molar-refractivity contribution in [2.45, 2.75) is 45.4 Å². The molecule has 0 aliphatic carbocycles. The van der Waals surface area contributed by atoms with Crippen LogP contribution in [0.15, 0.2) is 4.99 Å². The van der Waals surface area contributed by atoms with Gasteiger partial charge in [-0.2, -0.15) is 0 Å². The second kappa shape index (κ2) is 9.28. The maximum atomic E-state index is 11.2. The van der Waals surface area contributed by atoms with Crippen LogP contribution in [-0.2, 0) is 14.4 Å². The molecule has 0 aromatic heterocycles. The molecule has 0 unspecified atom stereocenters. The van der Waals surface area contributed by atoms with E-state index < -0.39 is 0 Å². The van der Waals surface area contributed by atoms with Gasteiger partial charge in [-0.15, -0.1) is 0 Å². The van der Waals surface area contributed by atoms with E-state index in [4.69, 9.17) is 0 Å². The van der Waals surface area contributed by atoms with Crippen LogP contribution in [0, 0.1) is 0 Å². The molecule has 0 saturated heterocycles. The van der Waals surface area contributed by atoms with Gasteiger partial charge in [0.1, 0.15) is 11.6 Å². The zero-order chi connectivity index (χ0) is 11.5. The summed E-state index contributed by atoms with van der Waals surface area (Å²) < 4.78 is 0. The zero-order valence-corrected chi connectivity index (χ0v) is 9.12. The summed E-state index contributed by atoms with van der Waals surface area (Å²) >= 11 is 0. The quantitative estimate of drug-likeness (QED) is 0.431. The van der Waals surface area contributed by atoms with Gasteiger partial charge in [0.2, 0.25) is 6.08 Å². The van der Waals surface area contributed by atoms with Crippen LogP contribution >= 0.6 is 0 Å². The molecule has 0 N–H and O–H groups in total. The Morgan fingerprint density at radius 1 is 1.07 bits per heavy atom. The van der Waals surface area contributed by atoms with Crippen molar-refractivity contribution in [3.05, 3.63) is 0 Å². The highest BCUT2D eigenvalue weighted by Crippen LogP contribution is 2.03. The van der Waals surface area contributed by atoms with Gasteiger partial charge in [-0.3, -0.25) is 9.59 Å². The van der Waals surface area contributed by atoms with E-state index in [0.717, 1.165) is 12.8 Å². The zero-order valence-electron chi connectivity index (χ0n) is 9.12. The third kappa shape index (κ3) is 9.03. The number of isocyanates is 1. The lowest BCUT2D eigenvalue weighted by molar-refractivity contribution is -0.124. The van der Waals surface area contributed by atoms with E-state index in [0.29, 0.717) is 12.8 Å². The van der Waals surface area contributed by atoms with Gasteiger partial charge in [0.05, 0.1) is 6.54 Å². The van der Waals surface area contributed by atoms with Crippen molar-refractivity contribution < 1.29 is 14.4 Å². The molecule has 84 valence electrons. The Kier molecular flexibility index (Phi) is 8.49. The number of carbonyl (C=O) groups excluding carboxylic acids is 3. The molecule has 0 atom stereocenters. The molecule has 4 nitrogen and oxygen atoms in total. The fourth-order valence-electron chi connectivity index (χ4n) is 1.13. The minimum atomic E-state index is -0.0150. The summed E-state index contributed by atoms with van der Waals surface area (Å²) in [6.07, 6.45) is 4.65. The topological polar surface area (TPSA) is 63.6 Å². The van der Waals surface area contributed by atoms with Gasteiger partial charge in [-0.05, 0) is 6.42 Å². The molecule has 0 aromatic rings. The third-order valence-corrected chi connectivity index (χ3v) is 2.06. The predicted molar refractivity (Wildman–Crippen MR) is 56.4 cm³/mol. The summed E-state index contributed by atoms with van der Waals surface area (Å²) in [5.41, 5.74) is 0. The first-order valence-corrected chi connectivity index (χ1v) is 5.27. The molecule has 0 amide bonds. The van der Waals surface area contributed by atoms with Crippen LogP contribution in [0.2, 0.25) is 0 Å². The normalized spacial score (nSPS) is 9.40. The summed E-state index contributed by atoms with van der Waals surface area (Å²) in [4.78, 5) is 35.3. The molecule has 0 radical (unpaired) electrons. The SMILES string of the molecule is CCCCC(=O)CCC(=O)CCN=C=O. The van der Waals surface area contributed by atoms with Crippen LogP contribution in [0.5, 0.6) is 0 Å². The second-order valence-electron chi connectivity index (χ2n) is 3.40. The smallest absolute Gasteiger partial charge is 0.234 e. The number of carbonyl (C=O) groups is 2. The van der Waals surface area contributed by atoms with Crippen molar-refractivity contribution in [3.8, 4) is 0 Å². The average Bonchev–Trinajstić information content (AvgIpc) is 2.24. The van der Waals surface area contributed by atoms with Crippen LogP contribution in [0.25, 0.3) is 0 Å². The lowest BCUT2D eigenvalue weighted by atomic mass is 10.1. The monoisotopic (exact) mass is 211 g/mol. The summed E-state index contributed by atoms with van der Waals surface area (Å²) in [6.45, 7) is 2.21. The Hall–Kier alpha value is -1.28. The lowest BCUT2D eigenvalue weighted by Crippen LogP contribution is -2.05. The van der Waals surface area contributed by atoms with Gasteiger partial charge in [-0.25, -0.2) is 9.79 Å². The van der Waals surface area contributed by atoms with Crippen LogP contribution in [0.4, 0.5) is 0 Å². The van der Waals surface area contributed by atoms with E-state index in [-0.39, 0.29) is 31.0 Å². The molecule has 0 rings (SSSR count). The standard InChI is InChI=1S/C11H17NO3/c1-2-3-4-10(14)5-6-11(15)7-8-12-9-13/h2-8H2,1H3. The average molecular weight is 211 g/mol. The summed E-state index contributed by atoms with van der Waals surface area (Å²) in [7, 11) is 0. The van der Waals surface area contributed by atoms with Gasteiger partial charge in [0.15, 0.2) is 0 Å². The molecule has 0 spiro atoms. The molecule has 0 aromatic carbocycles. The van der Waals surface area contributed by atoms with E-state index >= 15 is 0 Å². The van der Waals surface area contributed by atoms with Crippen molar-refractivity contribution in [3.63, 3.8) is 0 Å². The van der Waals surface area contributed by atoms with E-state index in [2.05, 4.69) is 4.99 Å². The largest absolute Gasteiger partial charge is 0.300 e. The Balaban J connectivity index is 3.52. The summed E-state index contributed by atoms with van der Waals surface area (Å²) in [5, 5.41) is 0. The third-order valence-electron chi connectivity index (χ3n) is 2.06. The summed E-state index contributed by atoms with van der Waals surface area (Å²) in [6, 6.07) is 0. The number of rotatable bonds is 9. The van der Waals surface area contributed by atoms with Crippen molar-refractivity contribution >= 4 is 17.6 Å². The molecule has 0 aliphatic heterocycles. The number of aliphatic imine (C=N–C) groups is 1. The number of nitrogens with zero attached hydrogens (tertiary/aromatic N) is 1. The minimum absolute atomic E-state index is 0.0150. The van der Waals surface area contributed by atoms with Gasteiger partial charge < -0.3 is 0 Å². The van der Waals surface area contributed by atoms with E-state index in [9.17, 15) is 14.4 Å². The maximum Gasteiger partial charge on any atom is 0.234 e. The van der Waals surface area contributed by atoms with Crippen LogP contribution in [0.3, 0.4) is 0 Å². The Labute approximate surface area is 89.8 Å². The lowest BCUT2D eigenvalue weighted by Gasteiger charge is -1.98. The van der Waals surface area contributed by atoms with Gasteiger partial charge in [0, 0.05) is 25.7 Å². The van der Waals surface area contributed by atoms with E-state index in [1.165, 1.54) is 6.08 Å². The fraction of sp³-hybridized carbons (Fsp3) is 0.727. The van der Waals surface area contributed by atoms with Crippen molar-refractivity contribution in [1.29, 1.82) is 0 Å². The number of unbranched alkanes of at least 4 members (excludes halogenated alkanes) is 1. The first-order valence-electron chi connectivity index (χ1n) is 5.27. The molecular formula is C11H17NO3. The highest BCUT2D eigenvalue weighted by atomic mass is 16.1. The number of hydrogen-bond acceptors (Lipinski definition) is 4. The van der Waals surface area contributed by atoms with Crippen LogP contribution in [0.1, 0.15) is 45.4 Å². The number of ketones is 2. The van der Waals surface area contributed by atoms with E-state index in [1.807, 2.05) is 6.92 Å². The Bertz CT molecular complexity index is 255. The molecule has 15 heavy (non-hydrogen) atoms. The first kappa shape index (κ1) is 13.7. The highest BCUT2D eigenvalue weighted by molar-refractivity contribution is 5.86. The molecule has 0 aliphatic rings. The molecule has 0 saturated carbocycles. The van der Waals surface area contributed by atoms with Gasteiger partial charge >= 0.3 is 0 Å².